The molecule has 2 aromatic rings. The predicted molar refractivity (Wildman–Crippen MR) is 72.6 cm³/mol. The van der Waals surface area contributed by atoms with E-state index in [1.165, 1.54) is 5.69 Å². The number of hydrogen-bond acceptors (Lipinski definition) is 3. The van der Waals surface area contributed by atoms with E-state index in [1.54, 1.807) is 0 Å². The van der Waals surface area contributed by atoms with Crippen molar-refractivity contribution in [2.75, 3.05) is 5.32 Å². The zero-order valence-corrected chi connectivity index (χ0v) is 11.7. The highest BCUT2D eigenvalue weighted by molar-refractivity contribution is 5.52. The molecule has 1 N–H and O–H groups in total. The average molecular weight is 247 g/mol. The maximum Gasteiger partial charge on any atom is 0.0946 e. The highest BCUT2D eigenvalue weighted by atomic mass is 15.3. The molecule has 0 unspecified atom stereocenters. The molecule has 98 valence electrons. The summed E-state index contributed by atoms with van der Waals surface area (Å²) in [4.78, 5) is 4.11. The first-order valence-electron chi connectivity index (χ1n) is 6.25. The molecule has 0 aliphatic rings. The lowest BCUT2D eigenvalue weighted by Crippen LogP contribution is -2.07. The largest absolute Gasteiger partial charge is 0.376 e. The van der Waals surface area contributed by atoms with E-state index in [1.807, 2.05) is 31.1 Å². The highest BCUT2D eigenvalue weighted by Crippen LogP contribution is 2.22. The van der Waals surface area contributed by atoms with E-state index in [4.69, 9.17) is 0 Å². The van der Waals surface area contributed by atoms with Crippen LogP contribution in [0.4, 0.5) is 5.69 Å². The van der Waals surface area contributed by atoms with Gasteiger partial charge in [-0.05, 0) is 27.7 Å². The van der Waals surface area contributed by atoms with Crippen LogP contribution in [-0.2, 0) is 13.6 Å². The molecular formula is C13H21N5. The maximum absolute atomic E-state index is 4.56. The molecule has 2 aromatic heterocycles. The number of aryl methyl sites for hydroxylation is 2. The van der Waals surface area contributed by atoms with Gasteiger partial charge in [0.25, 0.3) is 0 Å². The summed E-state index contributed by atoms with van der Waals surface area (Å²) in [6.07, 6.45) is 3.69. The smallest absolute Gasteiger partial charge is 0.0946 e. The third kappa shape index (κ3) is 2.25. The lowest BCUT2D eigenvalue weighted by atomic mass is 10.3. The second-order valence-corrected chi connectivity index (χ2v) is 4.93. The van der Waals surface area contributed by atoms with Gasteiger partial charge < -0.3 is 9.88 Å². The lowest BCUT2D eigenvalue weighted by molar-refractivity contribution is 0.516. The third-order valence-corrected chi connectivity index (χ3v) is 3.18. The second kappa shape index (κ2) is 4.84. The molecule has 0 aliphatic carbocycles. The average Bonchev–Trinajstić information content (AvgIpc) is 2.82. The Morgan fingerprint density at radius 2 is 2.06 bits per heavy atom. The van der Waals surface area contributed by atoms with Crippen molar-refractivity contribution < 1.29 is 0 Å². The van der Waals surface area contributed by atoms with Crippen LogP contribution in [0, 0.1) is 13.8 Å². The number of hydrogen-bond donors (Lipinski definition) is 1. The van der Waals surface area contributed by atoms with Crippen molar-refractivity contribution >= 4 is 5.69 Å². The number of rotatable bonds is 4. The molecule has 0 amide bonds. The molecule has 0 fully saturated rings. The number of nitrogens with zero attached hydrogens (tertiary/aromatic N) is 4. The van der Waals surface area contributed by atoms with E-state index < -0.39 is 0 Å². The molecular weight excluding hydrogens is 226 g/mol. The quantitative estimate of drug-likeness (QED) is 0.902. The van der Waals surface area contributed by atoms with E-state index in [9.17, 15) is 0 Å². The van der Waals surface area contributed by atoms with Gasteiger partial charge in [0, 0.05) is 19.3 Å². The molecule has 5 heteroatoms. The van der Waals surface area contributed by atoms with Gasteiger partial charge in [-0.15, -0.1) is 0 Å². The Morgan fingerprint density at radius 3 is 2.56 bits per heavy atom. The van der Waals surface area contributed by atoms with Crippen LogP contribution < -0.4 is 5.32 Å². The van der Waals surface area contributed by atoms with Crippen LogP contribution in [0.5, 0.6) is 0 Å². The summed E-state index contributed by atoms with van der Waals surface area (Å²) in [6, 6.07) is 0.385. The van der Waals surface area contributed by atoms with Crippen LogP contribution in [0.3, 0.4) is 0 Å². The number of nitrogens with one attached hydrogen (secondary N) is 1. The molecule has 0 saturated heterocycles. The summed E-state index contributed by atoms with van der Waals surface area (Å²) in [5.74, 6) is 0. The monoisotopic (exact) mass is 247 g/mol. The molecule has 0 bridgehead atoms. The van der Waals surface area contributed by atoms with Gasteiger partial charge in [0.05, 0.1) is 35.6 Å². The lowest BCUT2D eigenvalue weighted by Gasteiger charge is -2.10. The summed E-state index contributed by atoms with van der Waals surface area (Å²) in [7, 11) is 2.00. The van der Waals surface area contributed by atoms with E-state index >= 15 is 0 Å². The highest BCUT2D eigenvalue weighted by Gasteiger charge is 2.13. The normalized spacial score (nSPS) is 11.2. The van der Waals surface area contributed by atoms with Crippen molar-refractivity contribution in [2.45, 2.75) is 40.3 Å². The van der Waals surface area contributed by atoms with Crippen molar-refractivity contribution in [3.63, 3.8) is 0 Å². The fourth-order valence-electron chi connectivity index (χ4n) is 2.16. The summed E-state index contributed by atoms with van der Waals surface area (Å²) in [5, 5.41) is 8.02. The van der Waals surface area contributed by atoms with E-state index in [0.717, 1.165) is 23.6 Å². The van der Waals surface area contributed by atoms with Crippen molar-refractivity contribution in [1.82, 2.24) is 19.3 Å². The van der Waals surface area contributed by atoms with E-state index in [0.29, 0.717) is 6.04 Å². The van der Waals surface area contributed by atoms with Crippen LogP contribution in [0.1, 0.15) is 37.0 Å². The summed E-state index contributed by atoms with van der Waals surface area (Å²) >= 11 is 0. The van der Waals surface area contributed by atoms with Crippen LogP contribution in [0.15, 0.2) is 12.5 Å². The topological polar surface area (TPSA) is 47.7 Å². The van der Waals surface area contributed by atoms with Gasteiger partial charge in [-0.2, -0.15) is 5.10 Å². The molecule has 0 aromatic carbocycles. The van der Waals surface area contributed by atoms with Gasteiger partial charge in [0.2, 0.25) is 0 Å². The van der Waals surface area contributed by atoms with Crippen LogP contribution in [0.25, 0.3) is 0 Å². The van der Waals surface area contributed by atoms with E-state index in [2.05, 4.69) is 40.9 Å². The number of aromatic nitrogens is 4. The van der Waals surface area contributed by atoms with Gasteiger partial charge in [-0.25, -0.2) is 4.98 Å². The van der Waals surface area contributed by atoms with Crippen molar-refractivity contribution in [1.29, 1.82) is 0 Å². The Morgan fingerprint density at radius 1 is 1.33 bits per heavy atom. The van der Waals surface area contributed by atoms with Crippen LogP contribution >= 0.6 is 0 Å². The number of imidazole rings is 1. The Balaban J connectivity index is 2.17. The minimum atomic E-state index is 0.385. The summed E-state index contributed by atoms with van der Waals surface area (Å²) in [6.45, 7) is 9.19. The first-order chi connectivity index (χ1) is 8.50. The molecule has 18 heavy (non-hydrogen) atoms. The Labute approximate surface area is 108 Å². The Kier molecular flexibility index (Phi) is 3.41. The summed E-state index contributed by atoms with van der Waals surface area (Å²) < 4.78 is 4.07. The summed E-state index contributed by atoms with van der Waals surface area (Å²) in [5.41, 5.74) is 4.52. The second-order valence-electron chi connectivity index (χ2n) is 4.93. The minimum Gasteiger partial charge on any atom is -0.376 e. The van der Waals surface area contributed by atoms with Crippen molar-refractivity contribution in [3.05, 3.63) is 29.6 Å². The van der Waals surface area contributed by atoms with Crippen molar-refractivity contribution in [2.24, 2.45) is 7.05 Å². The standard InChI is InChI=1S/C13H21N5/c1-9(2)18-11(4)13(10(3)16-18)15-7-12-6-14-8-17(12)5/h6,8-9,15H,7H2,1-5H3. The minimum absolute atomic E-state index is 0.385. The van der Waals surface area contributed by atoms with Gasteiger partial charge in [-0.3, -0.25) is 4.68 Å². The fraction of sp³-hybridized carbons (Fsp3) is 0.538. The molecule has 0 aliphatic heterocycles. The van der Waals surface area contributed by atoms with Gasteiger partial charge >= 0.3 is 0 Å². The molecule has 5 nitrogen and oxygen atoms in total. The zero-order valence-electron chi connectivity index (χ0n) is 11.7. The number of anilines is 1. The molecule has 0 spiro atoms. The van der Waals surface area contributed by atoms with Crippen LogP contribution in [0.2, 0.25) is 0 Å². The molecule has 2 heterocycles. The van der Waals surface area contributed by atoms with Gasteiger partial charge in [0.15, 0.2) is 0 Å². The first-order valence-corrected chi connectivity index (χ1v) is 6.25. The predicted octanol–water partition coefficient (Wildman–Crippen LogP) is 2.43. The molecule has 0 saturated carbocycles. The van der Waals surface area contributed by atoms with Crippen molar-refractivity contribution in [3.8, 4) is 0 Å². The van der Waals surface area contributed by atoms with E-state index in [-0.39, 0.29) is 0 Å². The Hall–Kier alpha value is -1.78. The third-order valence-electron chi connectivity index (χ3n) is 3.18. The first kappa shape index (κ1) is 12.7. The van der Waals surface area contributed by atoms with Gasteiger partial charge in [-0.1, -0.05) is 0 Å². The van der Waals surface area contributed by atoms with Gasteiger partial charge in [0.1, 0.15) is 0 Å². The Bertz CT molecular complexity index is 536. The SMILES string of the molecule is Cc1nn(C(C)C)c(C)c1NCc1cncn1C. The maximum atomic E-state index is 4.56. The fourth-order valence-corrected chi connectivity index (χ4v) is 2.16. The van der Waals surface area contributed by atoms with Crippen LogP contribution in [-0.4, -0.2) is 19.3 Å². The zero-order chi connectivity index (χ0) is 13.3. The molecule has 2 rings (SSSR count). The molecule has 0 atom stereocenters. The molecule has 0 radical (unpaired) electrons.